The van der Waals surface area contributed by atoms with E-state index in [2.05, 4.69) is 26.7 Å². The molecule has 4 rings (SSSR count). The fourth-order valence-corrected chi connectivity index (χ4v) is 4.19. The van der Waals surface area contributed by atoms with Gasteiger partial charge in [-0.2, -0.15) is 5.10 Å². The number of piperidine rings is 1. The van der Waals surface area contributed by atoms with Crippen LogP contribution < -0.4 is 10.6 Å². The Morgan fingerprint density at radius 2 is 1.78 bits per heavy atom. The first-order chi connectivity index (χ1) is 15.4. The molecule has 0 bridgehead atoms. The van der Waals surface area contributed by atoms with Crippen LogP contribution in [0.2, 0.25) is 0 Å². The summed E-state index contributed by atoms with van der Waals surface area (Å²) in [6.45, 7) is 7.31. The minimum atomic E-state index is -0.209. The van der Waals surface area contributed by atoms with E-state index in [0.29, 0.717) is 6.54 Å². The summed E-state index contributed by atoms with van der Waals surface area (Å²) >= 11 is 0. The van der Waals surface area contributed by atoms with Gasteiger partial charge in [-0.3, -0.25) is 9.58 Å². The number of likely N-dealkylation sites (tertiary alicyclic amines) is 1. The number of halogens is 1. The molecular formula is C25H30FN5O. The third kappa shape index (κ3) is 5.95. The van der Waals surface area contributed by atoms with Crippen LogP contribution in [0.25, 0.3) is 0 Å². The van der Waals surface area contributed by atoms with Crippen LogP contribution >= 0.6 is 0 Å². The van der Waals surface area contributed by atoms with Gasteiger partial charge < -0.3 is 10.6 Å². The average Bonchev–Trinajstić information content (AvgIpc) is 3.08. The van der Waals surface area contributed by atoms with E-state index in [4.69, 9.17) is 0 Å². The number of aromatic nitrogens is 2. The molecule has 0 aliphatic carbocycles. The van der Waals surface area contributed by atoms with Gasteiger partial charge >= 0.3 is 6.03 Å². The van der Waals surface area contributed by atoms with Gasteiger partial charge in [0.05, 0.1) is 12.2 Å². The molecule has 0 atom stereocenters. The van der Waals surface area contributed by atoms with E-state index in [1.54, 1.807) is 0 Å². The Balaban J connectivity index is 1.24. The van der Waals surface area contributed by atoms with Gasteiger partial charge in [-0.25, -0.2) is 9.18 Å². The van der Waals surface area contributed by atoms with Crippen LogP contribution in [0.4, 0.5) is 14.9 Å². The quantitative estimate of drug-likeness (QED) is 0.600. The third-order valence-electron chi connectivity index (χ3n) is 5.86. The normalized spacial score (nSPS) is 15.0. The molecule has 0 radical (unpaired) electrons. The van der Waals surface area contributed by atoms with Gasteiger partial charge in [-0.15, -0.1) is 0 Å². The monoisotopic (exact) mass is 435 g/mol. The molecule has 2 N–H and O–H groups in total. The zero-order valence-corrected chi connectivity index (χ0v) is 18.6. The maximum Gasteiger partial charge on any atom is 0.319 e. The van der Waals surface area contributed by atoms with Crippen molar-refractivity contribution >= 4 is 11.7 Å². The predicted octanol–water partition coefficient (Wildman–Crippen LogP) is 4.47. The second kappa shape index (κ2) is 9.96. The first-order valence-electron chi connectivity index (χ1n) is 11.1. The predicted molar refractivity (Wildman–Crippen MR) is 124 cm³/mol. The molecule has 1 fully saturated rings. The second-order valence-electron chi connectivity index (χ2n) is 8.56. The van der Waals surface area contributed by atoms with Crippen molar-refractivity contribution in [3.8, 4) is 0 Å². The van der Waals surface area contributed by atoms with Gasteiger partial charge in [0.2, 0.25) is 0 Å². The van der Waals surface area contributed by atoms with Crippen molar-refractivity contribution in [2.45, 2.75) is 45.8 Å². The van der Waals surface area contributed by atoms with Gasteiger partial charge in [-0.05, 0) is 68.1 Å². The number of nitrogens with one attached hydrogen (secondary N) is 2. The lowest BCUT2D eigenvalue weighted by atomic mass is 10.0. The number of hydrogen-bond acceptors (Lipinski definition) is 3. The van der Waals surface area contributed by atoms with E-state index < -0.39 is 0 Å². The van der Waals surface area contributed by atoms with Crippen molar-refractivity contribution in [3.63, 3.8) is 0 Å². The first kappa shape index (κ1) is 22.0. The van der Waals surface area contributed by atoms with Gasteiger partial charge in [0.25, 0.3) is 0 Å². The smallest absolute Gasteiger partial charge is 0.319 e. The lowest BCUT2D eigenvalue weighted by Crippen LogP contribution is -2.45. The van der Waals surface area contributed by atoms with Crippen LogP contribution in [-0.2, 0) is 13.1 Å². The highest BCUT2D eigenvalue weighted by Crippen LogP contribution is 2.16. The molecule has 2 aromatic carbocycles. The number of aryl methyl sites for hydroxylation is 2. The van der Waals surface area contributed by atoms with Gasteiger partial charge in [0.1, 0.15) is 5.82 Å². The summed E-state index contributed by atoms with van der Waals surface area (Å²) in [5.74, 6) is -0.209. The Morgan fingerprint density at radius 3 is 2.47 bits per heavy atom. The maximum atomic E-state index is 13.1. The van der Waals surface area contributed by atoms with Crippen molar-refractivity contribution in [3.05, 3.63) is 82.9 Å². The van der Waals surface area contributed by atoms with Crippen LogP contribution in [0, 0.1) is 19.7 Å². The molecule has 1 aromatic heterocycles. The number of rotatable bonds is 6. The molecule has 32 heavy (non-hydrogen) atoms. The fourth-order valence-electron chi connectivity index (χ4n) is 4.19. The number of urea groups is 1. The van der Waals surface area contributed by atoms with Crippen LogP contribution in [0.5, 0.6) is 0 Å². The van der Waals surface area contributed by atoms with Gasteiger partial charge in [0.15, 0.2) is 0 Å². The minimum Gasteiger partial charge on any atom is -0.335 e. The summed E-state index contributed by atoms with van der Waals surface area (Å²) in [5.41, 5.74) is 5.08. The summed E-state index contributed by atoms with van der Waals surface area (Å²) in [6, 6.07) is 16.6. The molecule has 3 aromatic rings. The van der Waals surface area contributed by atoms with E-state index in [0.717, 1.165) is 60.7 Å². The van der Waals surface area contributed by atoms with Gasteiger partial charge in [-0.1, -0.05) is 24.3 Å². The Morgan fingerprint density at radius 1 is 1.03 bits per heavy atom. The largest absolute Gasteiger partial charge is 0.335 e. The molecule has 2 heterocycles. The number of carbonyl (C=O) groups excluding carboxylic acids is 1. The molecule has 1 saturated heterocycles. The highest BCUT2D eigenvalue weighted by molar-refractivity contribution is 5.89. The number of benzene rings is 2. The lowest BCUT2D eigenvalue weighted by Gasteiger charge is -2.32. The minimum absolute atomic E-state index is 0.150. The van der Waals surface area contributed by atoms with E-state index >= 15 is 0 Å². The Kier molecular flexibility index (Phi) is 6.85. The number of hydrogen-bond donors (Lipinski definition) is 2. The Bertz CT molecular complexity index is 1050. The average molecular weight is 436 g/mol. The first-order valence-corrected chi connectivity index (χ1v) is 11.1. The second-order valence-corrected chi connectivity index (χ2v) is 8.56. The molecule has 0 unspecified atom stereocenters. The molecular weight excluding hydrogens is 405 g/mol. The number of nitrogens with zero attached hydrogens (tertiary/aromatic N) is 3. The van der Waals surface area contributed by atoms with Crippen molar-refractivity contribution in [2.24, 2.45) is 0 Å². The van der Waals surface area contributed by atoms with Gasteiger partial charge in [0, 0.05) is 37.1 Å². The topological polar surface area (TPSA) is 62.2 Å². The van der Waals surface area contributed by atoms with E-state index in [1.165, 1.54) is 12.1 Å². The molecule has 168 valence electrons. The standard InChI is InChI=1S/C25H30FN5O/c1-18-14-19(2)31(29-18)17-21-4-3-5-24(15-21)28-25(32)27-23-10-12-30(13-11-23)16-20-6-8-22(26)9-7-20/h3-9,14-15,23H,10-13,16-17H2,1-2H3,(H2,27,28,32). The summed E-state index contributed by atoms with van der Waals surface area (Å²) in [6.07, 6.45) is 1.79. The Hall–Kier alpha value is -3.19. The van der Waals surface area contributed by atoms with Crippen molar-refractivity contribution < 1.29 is 9.18 Å². The molecule has 6 nitrogen and oxygen atoms in total. The zero-order valence-electron chi connectivity index (χ0n) is 18.6. The van der Waals surface area contributed by atoms with Crippen LogP contribution in [0.15, 0.2) is 54.6 Å². The molecule has 7 heteroatoms. The van der Waals surface area contributed by atoms with E-state index in [9.17, 15) is 9.18 Å². The highest BCUT2D eigenvalue weighted by atomic mass is 19.1. The van der Waals surface area contributed by atoms with Crippen LogP contribution in [-0.4, -0.2) is 39.8 Å². The molecule has 1 aliphatic heterocycles. The van der Waals surface area contributed by atoms with Crippen molar-refractivity contribution in [1.82, 2.24) is 20.0 Å². The SMILES string of the molecule is Cc1cc(C)n(Cc2cccc(NC(=O)NC3CCN(Cc4ccc(F)cc4)CC3)c2)n1. The van der Waals surface area contributed by atoms with E-state index in [-0.39, 0.29) is 17.9 Å². The molecule has 1 aliphatic rings. The Labute approximate surface area is 188 Å². The van der Waals surface area contributed by atoms with Crippen LogP contribution in [0.1, 0.15) is 35.4 Å². The number of amides is 2. The van der Waals surface area contributed by atoms with Crippen molar-refractivity contribution in [2.75, 3.05) is 18.4 Å². The summed E-state index contributed by atoms with van der Waals surface area (Å²) in [5, 5.41) is 10.6. The van der Waals surface area contributed by atoms with Crippen molar-refractivity contribution in [1.29, 1.82) is 0 Å². The molecule has 0 saturated carbocycles. The molecule has 0 spiro atoms. The lowest BCUT2D eigenvalue weighted by molar-refractivity contribution is 0.190. The summed E-state index contributed by atoms with van der Waals surface area (Å²) < 4.78 is 15.0. The molecule has 2 amide bonds. The highest BCUT2D eigenvalue weighted by Gasteiger charge is 2.20. The van der Waals surface area contributed by atoms with E-state index in [1.807, 2.05) is 54.9 Å². The summed E-state index contributed by atoms with van der Waals surface area (Å²) in [4.78, 5) is 14.9. The third-order valence-corrected chi connectivity index (χ3v) is 5.86. The maximum absolute atomic E-state index is 13.1. The van der Waals surface area contributed by atoms with Crippen LogP contribution in [0.3, 0.4) is 0 Å². The number of carbonyl (C=O) groups is 1. The number of anilines is 1. The fraction of sp³-hybridized carbons (Fsp3) is 0.360. The zero-order chi connectivity index (χ0) is 22.5. The summed E-state index contributed by atoms with van der Waals surface area (Å²) in [7, 11) is 0.